The van der Waals surface area contributed by atoms with Crippen LogP contribution in [0.5, 0.6) is 11.5 Å². The number of nitrogen functional groups attached to an aromatic ring is 4. The molecule has 1 fully saturated rings. The van der Waals surface area contributed by atoms with Crippen LogP contribution < -0.4 is 27.7 Å². The lowest BCUT2D eigenvalue weighted by molar-refractivity contribution is 0.302. The number of benzene rings is 2. The second kappa shape index (κ2) is 10.5. The van der Waals surface area contributed by atoms with E-state index in [1.807, 2.05) is 12.1 Å². The van der Waals surface area contributed by atoms with Gasteiger partial charge in [0.25, 0.3) is 0 Å². The average molecular weight is 411 g/mol. The molecule has 1 aliphatic rings. The van der Waals surface area contributed by atoms with Gasteiger partial charge in [0.05, 0.1) is 17.1 Å². The maximum absolute atomic E-state index is 6.03. The molecule has 0 unspecified atom stereocenters. The predicted octanol–water partition coefficient (Wildman–Crippen LogP) is 6.44. The first-order valence-corrected chi connectivity index (χ1v) is 11.5. The number of unbranched alkanes of at least 4 members (excludes halogenated alkanes) is 4. The third kappa shape index (κ3) is 5.53. The minimum absolute atomic E-state index is 0.267. The highest BCUT2D eigenvalue weighted by Crippen LogP contribution is 2.41. The maximum Gasteiger partial charge on any atom is 0.154 e. The van der Waals surface area contributed by atoms with Gasteiger partial charge in [-0.25, -0.2) is 0 Å². The molecule has 5 heteroatoms. The number of nitrogens with two attached hydrogens (primary N) is 4. The molecule has 8 N–H and O–H groups in total. The second-order valence-corrected chi connectivity index (χ2v) is 8.80. The molecule has 1 saturated carbocycles. The van der Waals surface area contributed by atoms with Crippen molar-refractivity contribution in [3.8, 4) is 11.5 Å². The molecule has 2 aromatic carbocycles. The molecule has 3 rings (SSSR count). The fourth-order valence-electron chi connectivity index (χ4n) is 4.57. The van der Waals surface area contributed by atoms with E-state index in [9.17, 15) is 0 Å². The fraction of sp³-hybridized carbons (Fsp3) is 0.520. The summed E-state index contributed by atoms with van der Waals surface area (Å²) in [6, 6.07) is 9.96. The summed E-state index contributed by atoms with van der Waals surface area (Å²) in [6.45, 7) is 2.28. The van der Waals surface area contributed by atoms with Crippen LogP contribution in [0.1, 0.15) is 82.6 Å². The molecule has 0 aromatic heterocycles. The topological polar surface area (TPSA) is 113 Å². The molecule has 2 aromatic rings. The van der Waals surface area contributed by atoms with Gasteiger partial charge >= 0.3 is 0 Å². The van der Waals surface area contributed by atoms with E-state index < -0.39 is 0 Å². The molecular formula is C25H38N4O. The fourth-order valence-corrected chi connectivity index (χ4v) is 4.57. The van der Waals surface area contributed by atoms with Crippen LogP contribution in [0.15, 0.2) is 30.3 Å². The average Bonchev–Trinajstić information content (AvgIpc) is 2.77. The van der Waals surface area contributed by atoms with Gasteiger partial charge in [0.1, 0.15) is 11.4 Å². The number of hydrogen-bond acceptors (Lipinski definition) is 5. The van der Waals surface area contributed by atoms with E-state index in [2.05, 4.69) is 19.1 Å². The molecule has 30 heavy (non-hydrogen) atoms. The van der Waals surface area contributed by atoms with Crippen molar-refractivity contribution in [3.63, 3.8) is 0 Å². The molecule has 0 heterocycles. The minimum Gasteiger partial charge on any atom is -0.455 e. The summed E-state index contributed by atoms with van der Waals surface area (Å²) in [5.41, 5.74) is 26.3. The van der Waals surface area contributed by atoms with Crippen LogP contribution in [0, 0.1) is 5.92 Å². The second-order valence-electron chi connectivity index (χ2n) is 8.80. The Morgan fingerprint density at radius 2 is 1.47 bits per heavy atom. The molecule has 0 saturated heterocycles. The van der Waals surface area contributed by atoms with Gasteiger partial charge in [0, 0.05) is 6.07 Å². The summed E-state index contributed by atoms with van der Waals surface area (Å²) in [4.78, 5) is 0. The lowest BCUT2D eigenvalue weighted by Crippen LogP contribution is -2.13. The molecule has 1 aliphatic carbocycles. The molecular weight excluding hydrogens is 372 g/mol. The summed E-state index contributed by atoms with van der Waals surface area (Å²) in [7, 11) is 0. The lowest BCUT2D eigenvalue weighted by atomic mass is 9.77. The van der Waals surface area contributed by atoms with E-state index in [0.29, 0.717) is 28.7 Å². The van der Waals surface area contributed by atoms with Crippen LogP contribution in [0.4, 0.5) is 22.7 Å². The minimum atomic E-state index is 0.267. The van der Waals surface area contributed by atoms with Gasteiger partial charge in [-0.1, -0.05) is 57.6 Å². The third-order valence-electron chi connectivity index (χ3n) is 6.59. The van der Waals surface area contributed by atoms with Crippen LogP contribution in [-0.4, -0.2) is 0 Å². The Balaban J connectivity index is 1.51. The zero-order valence-electron chi connectivity index (χ0n) is 18.3. The van der Waals surface area contributed by atoms with E-state index >= 15 is 0 Å². The predicted molar refractivity (Wildman–Crippen MR) is 129 cm³/mol. The standard InChI is InChI=1S/C25H38N4O/c1-2-3-4-5-6-7-17-8-10-18(11-9-17)19-12-14-20(15-13-19)30-22-16-21(26)23(27)25(29)24(22)28/h12-18H,2-11,26-29H2,1H3. The smallest absolute Gasteiger partial charge is 0.154 e. The number of anilines is 4. The van der Waals surface area contributed by atoms with Crippen LogP contribution >= 0.6 is 0 Å². The summed E-state index contributed by atoms with van der Waals surface area (Å²) in [6.07, 6.45) is 13.6. The molecule has 164 valence electrons. The van der Waals surface area contributed by atoms with E-state index in [-0.39, 0.29) is 5.69 Å². The third-order valence-corrected chi connectivity index (χ3v) is 6.59. The first-order valence-electron chi connectivity index (χ1n) is 11.5. The van der Waals surface area contributed by atoms with E-state index in [1.165, 1.54) is 69.8 Å². The van der Waals surface area contributed by atoms with Crippen LogP contribution in [0.3, 0.4) is 0 Å². The first kappa shape index (κ1) is 22.1. The van der Waals surface area contributed by atoms with Gasteiger partial charge in [-0.05, 0) is 55.2 Å². The van der Waals surface area contributed by atoms with Gasteiger partial charge in [-0.2, -0.15) is 0 Å². The van der Waals surface area contributed by atoms with Crippen LogP contribution in [0.2, 0.25) is 0 Å². The highest BCUT2D eigenvalue weighted by molar-refractivity contribution is 5.90. The van der Waals surface area contributed by atoms with Crippen molar-refractivity contribution in [1.82, 2.24) is 0 Å². The Morgan fingerprint density at radius 1 is 0.800 bits per heavy atom. The van der Waals surface area contributed by atoms with Crippen molar-refractivity contribution >= 4 is 22.7 Å². The van der Waals surface area contributed by atoms with E-state index in [0.717, 1.165) is 11.7 Å². The molecule has 0 aliphatic heterocycles. The Labute approximate surface area is 181 Å². The number of ether oxygens (including phenoxy) is 1. The molecule has 0 spiro atoms. The van der Waals surface area contributed by atoms with Gasteiger partial charge in [-0.15, -0.1) is 0 Å². The molecule has 0 bridgehead atoms. The SMILES string of the molecule is CCCCCCCC1CCC(c2ccc(Oc3cc(N)c(N)c(N)c3N)cc2)CC1. The lowest BCUT2D eigenvalue weighted by Gasteiger charge is -2.29. The van der Waals surface area contributed by atoms with Crippen molar-refractivity contribution in [2.45, 2.75) is 77.0 Å². The molecule has 0 radical (unpaired) electrons. The number of hydrogen-bond donors (Lipinski definition) is 4. The quantitative estimate of drug-likeness (QED) is 0.280. The Bertz CT molecular complexity index is 811. The summed E-state index contributed by atoms with van der Waals surface area (Å²) >= 11 is 0. The zero-order chi connectivity index (χ0) is 21.5. The van der Waals surface area contributed by atoms with Gasteiger partial charge < -0.3 is 27.7 Å². The molecule has 0 amide bonds. The Hall–Kier alpha value is -2.56. The van der Waals surface area contributed by atoms with E-state index in [1.54, 1.807) is 6.07 Å². The Kier molecular flexibility index (Phi) is 7.72. The highest BCUT2D eigenvalue weighted by Gasteiger charge is 2.22. The number of rotatable bonds is 9. The summed E-state index contributed by atoms with van der Waals surface area (Å²) in [5.74, 6) is 2.74. The first-order chi connectivity index (χ1) is 14.5. The Morgan fingerprint density at radius 3 is 2.13 bits per heavy atom. The maximum atomic E-state index is 6.03. The zero-order valence-corrected chi connectivity index (χ0v) is 18.3. The van der Waals surface area contributed by atoms with Crippen molar-refractivity contribution < 1.29 is 4.74 Å². The van der Waals surface area contributed by atoms with Gasteiger partial charge in [-0.3, -0.25) is 0 Å². The normalized spacial score (nSPS) is 19.0. The van der Waals surface area contributed by atoms with Gasteiger partial charge in [0.2, 0.25) is 0 Å². The van der Waals surface area contributed by atoms with E-state index in [4.69, 9.17) is 27.7 Å². The van der Waals surface area contributed by atoms with Crippen molar-refractivity contribution in [1.29, 1.82) is 0 Å². The van der Waals surface area contributed by atoms with Crippen molar-refractivity contribution in [2.75, 3.05) is 22.9 Å². The van der Waals surface area contributed by atoms with Crippen LogP contribution in [0.25, 0.3) is 0 Å². The largest absolute Gasteiger partial charge is 0.455 e. The van der Waals surface area contributed by atoms with Crippen molar-refractivity contribution in [2.24, 2.45) is 5.92 Å². The summed E-state index contributed by atoms with van der Waals surface area (Å²) in [5, 5.41) is 0. The van der Waals surface area contributed by atoms with Crippen molar-refractivity contribution in [3.05, 3.63) is 35.9 Å². The monoisotopic (exact) mass is 410 g/mol. The van der Waals surface area contributed by atoms with Gasteiger partial charge in [0.15, 0.2) is 5.75 Å². The van der Waals surface area contributed by atoms with Crippen LogP contribution in [-0.2, 0) is 0 Å². The molecule has 0 atom stereocenters. The molecule has 5 nitrogen and oxygen atoms in total. The summed E-state index contributed by atoms with van der Waals surface area (Å²) < 4.78 is 5.92. The highest BCUT2D eigenvalue weighted by atomic mass is 16.5.